The van der Waals surface area contributed by atoms with Crippen LogP contribution in [-0.4, -0.2) is 30.2 Å². The van der Waals surface area contributed by atoms with Gasteiger partial charge in [0.2, 0.25) is 0 Å². The maximum absolute atomic E-state index is 13.5. The molecule has 8 heteroatoms. The number of ether oxygens (including phenoxy) is 1. The first-order valence-electron chi connectivity index (χ1n) is 8.00. The quantitative estimate of drug-likeness (QED) is 0.550. The number of carbonyl (C=O) groups is 1. The molecule has 4 N–H and O–H groups in total. The fourth-order valence-electron chi connectivity index (χ4n) is 2.47. The number of nitrogen functional groups attached to an aromatic ring is 1. The van der Waals surface area contributed by atoms with Crippen LogP contribution < -0.4 is 11.1 Å². The molecule has 1 aliphatic rings. The van der Waals surface area contributed by atoms with Gasteiger partial charge in [0.25, 0.3) is 6.43 Å². The van der Waals surface area contributed by atoms with Crippen LogP contribution in [0.3, 0.4) is 0 Å². The van der Waals surface area contributed by atoms with E-state index in [9.17, 15) is 13.6 Å². The minimum Gasteiger partial charge on any atom is -0.435 e. The zero-order chi connectivity index (χ0) is 19.3. The monoisotopic (exact) mass is 362 g/mol. The number of benzene rings is 1. The van der Waals surface area contributed by atoms with Gasteiger partial charge in [0.1, 0.15) is 5.84 Å². The largest absolute Gasteiger partial charge is 0.435 e. The molecule has 0 aromatic heterocycles. The van der Waals surface area contributed by atoms with Gasteiger partial charge in [-0.15, -0.1) is 0 Å². The van der Waals surface area contributed by atoms with Gasteiger partial charge in [-0.3, -0.25) is 10.7 Å². The number of cyclic esters (lactones) is 1. The Bertz CT molecular complexity index is 800. The molecule has 6 nitrogen and oxygen atoms in total. The van der Waals surface area contributed by atoms with Crippen LogP contribution in [0.1, 0.15) is 25.8 Å². The fourth-order valence-corrected chi connectivity index (χ4v) is 2.47. The van der Waals surface area contributed by atoms with Crippen molar-refractivity contribution in [3.05, 3.63) is 53.3 Å². The molecule has 1 aromatic rings. The SMILES string of the molecule is CC/C=C/N=C1\NC(=O)OC(C(F)F)\C1=C(\C)C(=N)c1ccccc1N. The second-order valence-corrected chi connectivity index (χ2v) is 5.56. The maximum atomic E-state index is 13.5. The zero-order valence-electron chi connectivity index (χ0n) is 14.4. The van der Waals surface area contributed by atoms with Crippen LogP contribution in [-0.2, 0) is 4.74 Å². The Balaban J connectivity index is 2.59. The number of nitrogens with zero attached hydrogens (tertiary/aromatic N) is 1. The number of allylic oxidation sites excluding steroid dienone is 2. The Kier molecular flexibility index (Phi) is 6.21. The summed E-state index contributed by atoms with van der Waals surface area (Å²) >= 11 is 0. The van der Waals surface area contributed by atoms with E-state index in [2.05, 4.69) is 10.3 Å². The van der Waals surface area contributed by atoms with Crippen LogP contribution in [0, 0.1) is 5.41 Å². The van der Waals surface area contributed by atoms with E-state index in [4.69, 9.17) is 15.9 Å². The van der Waals surface area contributed by atoms with Crippen LogP contribution in [0.5, 0.6) is 0 Å². The minimum absolute atomic E-state index is 0.0457. The van der Waals surface area contributed by atoms with Gasteiger partial charge in [-0.05, 0) is 25.0 Å². The summed E-state index contributed by atoms with van der Waals surface area (Å²) in [5.41, 5.74) is 6.72. The van der Waals surface area contributed by atoms with Crippen molar-refractivity contribution in [1.82, 2.24) is 5.32 Å². The van der Waals surface area contributed by atoms with E-state index < -0.39 is 18.6 Å². The number of hydrogen-bond donors (Lipinski definition) is 3. The smallest absolute Gasteiger partial charge is 0.413 e. The lowest BCUT2D eigenvalue weighted by Crippen LogP contribution is -2.48. The average molecular weight is 362 g/mol. The van der Waals surface area contributed by atoms with Crippen LogP contribution >= 0.6 is 0 Å². The van der Waals surface area contributed by atoms with Crippen molar-refractivity contribution in [2.75, 3.05) is 5.73 Å². The molecule has 26 heavy (non-hydrogen) atoms. The second-order valence-electron chi connectivity index (χ2n) is 5.56. The molecule has 0 aliphatic carbocycles. The van der Waals surface area contributed by atoms with Gasteiger partial charge in [0.15, 0.2) is 6.10 Å². The molecule has 138 valence electrons. The van der Waals surface area contributed by atoms with Gasteiger partial charge < -0.3 is 10.5 Å². The van der Waals surface area contributed by atoms with E-state index in [1.165, 1.54) is 13.1 Å². The van der Waals surface area contributed by atoms with Crippen LogP contribution in [0.15, 0.2) is 52.7 Å². The van der Waals surface area contributed by atoms with Crippen molar-refractivity contribution < 1.29 is 18.3 Å². The lowest BCUT2D eigenvalue weighted by atomic mass is 9.93. The molecule has 1 amide bonds. The highest BCUT2D eigenvalue weighted by Gasteiger charge is 2.38. The molecule has 2 rings (SSSR count). The highest BCUT2D eigenvalue weighted by Crippen LogP contribution is 2.26. The summed E-state index contributed by atoms with van der Waals surface area (Å²) in [7, 11) is 0. The zero-order valence-corrected chi connectivity index (χ0v) is 14.4. The van der Waals surface area contributed by atoms with Crippen molar-refractivity contribution in [2.45, 2.75) is 32.8 Å². The number of para-hydroxylation sites is 1. The molecule has 0 radical (unpaired) electrons. The van der Waals surface area contributed by atoms with Crippen molar-refractivity contribution in [3.63, 3.8) is 0 Å². The number of hydrogen-bond acceptors (Lipinski definition) is 5. The predicted octanol–water partition coefficient (Wildman–Crippen LogP) is 3.65. The Morgan fingerprint density at radius 3 is 2.77 bits per heavy atom. The molecular formula is C18H20F2N4O2. The highest BCUT2D eigenvalue weighted by atomic mass is 19.3. The van der Waals surface area contributed by atoms with Crippen LogP contribution in [0.2, 0.25) is 0 Å². The third kappa shape index (κ3) is 4.14. The molecule has 1 aromatic carbocycles. The third-order valence-corrected chi connectivity index (χ3v) is 3.78. The summed E-state index contributed by atoms with van der Waals surface area (Å²) in [6.45, 7) is 3.39. The summed E-state index contributed by atoms with van der Waals surface area (Å²) in [5.74, 6) is -0.0620. The Morgan fingerprint density at radius 1 is 1.46 bits per heavy atom. The maximum Gasteiger partial charge on any atom is 0.413 e. The first kappa shape index (κ1) is 19.3. The molecule has 1 unspecified atom stereocenters. The van der Waals surface area contributed by atoms with Crippen LogP contribution in [0.4, 0.5) is 19.3 Å². The lowest BCUT2D eigenvalue weighted by Gasteiger charge is -2.28. The number of alkyl carbamates (subject to hydrolysis) is 1. The third-order valence-electron chi connectivity index (χ3n) is 3.78. The Morgan fingerprint density at radius 2 is 2.15 bits per heavy atom. The number of nitrogens with two attached hydrogens (primary N) is 1. The van der Waals surface area contributed by atoms with Crippen molar-refractivity contribution in [3.8, 4) is 0 Å². The lowest BCUT2D eigenvalue weighted by molar-refractivity contribution is 0.00194. The molecule has 1 aliphatic heterocycles. The van der Waals surface area contributed by atoms with E-state index in [-0.39, 0.29) is 22.7 Å². The van der Waals surface area contributed by atoms with Crippen molar-refractivity contribution in [1.29, 1.82) is 5.41 Å². The number of carbonyl (C=O) groups excluding carboxylic acids is 1. The number of anilines is 1. The molecule has 0 bridgehead atoms. The second kappa shape index (κ2) is 8.37. The fraction of sp³-hybridized carbons (Fsp3) is 0.278. The Labute approximate surface area is 150 Å². The van der Waals surface area contributed by atoms with Crippen molar-refractivity contribution >= 4 is 23.3 Å². The molecular weight excluding hydrogens is 342 g/mol. The first-order chi connectivity index (χ1) is 12.4. The van der Waals surface area contributed by atoms with E-state index in [1.54, 1.807) is 30.3 Å². The van der Waals surface area contributed by atoms with Gasteiger partial charge >= 0.3 is 6.09 Å². The molecule has 0 saturated carbocycles. The summed E-state index contributed by atoms with van der Waals surface area (Å²) in [6.07, 6.45) is -1.98. The van der Waals surface area contributed by atoms with E-state index in [0.717, 1.165) is 0 Å². The topological polar surface area (TPSA) is 101 Å². The summed E-state index contributed by atoms with van der Waals surface area (Å²) < 4.78 is 31.8. The number of amides is 1. The Hall–Kier alpha value is -3.03. The van der Waals surface area contributed by atoms with Crippen molar-refractivity contribution in [2.24, 2.45) is 4.99 Å². The van der Waals surface area contributed by atoms with Gasteiger partial charge in [-0.1, -0.05) is 31.2 Å². The van der Waals surface area contributed by atoms with E-state index in [1.807, 2.05) is 6.92 Å². The minimum atomic E-state index is -2.97. The summed E-state index contributed by atoms with van der Waals surface area (Å²) in [6, 6.07) is 6.64. The molecule has 1 fully saturated rings. The number of rotatable bonds is 5. The highest BCUT2D eigenvalue weighted by molar-refractivity contribution is 6.20. The molecule has 0 spiro atoms. The number of aliphatic imine (C=N–C) groups is 1. The van der Waals surface area contributed by atoms with Gasteiger partial charge in [-0.25, -0.2) is 18.6 Å². The standard InChI is InChI=1S/C18H20F2N4O2/c1-3-4-9-23-17-13(15(16(19)20)26-18(25)24-17)10(2)14(22)11-7-5-6-8-12(11)21/h4-9,15-16,22H,3,21H2,1-2H3,(H,23,24,25)/b9-4+,13-10+,22-14?. The number of amidine groups is 1. The normalized spacial score (nSPS) is 21.0. The van der Waals surface area contributed by atoms with Crippen LogP contribution in [0.25, 0.3) is 0 Å². The van der Waals surface area contributed by atoms with E-state index >= 15 is 0 Å². The molecule has 1 heterocycles. The average Bonchev–Trinajstić information content (AvgIpc) is 2.60. The number of halogens is 2. The van der Waals surface area contributed by atoms with E-state index in [0.29, 0.717) is 17.7 Å². The van der Waals surface area contributed by atoms with Gasteiger partial charge in [0, 0.05) is 23.0 Å². The predicted molar refractivity (Wildman–Crippen MR) is 96.7 cm³/mol. The summed E-state index contributed by atoms with van der Waals surface area (Å²) in [4.78, 5) is 15.7. The number of alkyl halides is 2. The number of nitrogens with one attached hydrogen (secondary N) is 2. The molecule has 1 atom stereocenters. The molecule has 1 saturated heterocycles. The van der Waals surface area contributed by atoms with Gasteiger partial charge in [0.05, 0.1) is 5.71 Å². The first-order valence-corrected chi connectivity index (χ1v) is 8.00. The van der Waals surface area contributed by atoms with Gasteiger partial charge in [-0.2, -0.15) is 0 Å². The summed E-state index contributed by atoms with van der Waals surface area (Å²) in [5, 5.41) is 10.7.